The molecule has 0 amide bonds. The number of nitrogens with one attached hydrogen (secondary N) is 1. The summed E-state index contributed by atoms with van der Waals surface area (Å²) in [5, 5.41) is 9.65. The molecule has 0 radical (unpaired) electrons. The Labute approximate surface area is 157 Å². The zero-order valence-electron chi connectivity index (χ0n) is 14.3. The van der Waals surface area contributed by atoms with Crippen LogP contribution in [-0.4, -0.2) is 35.6 Å². The van der Waals surface area contributed by atoms with Gasteiger partial charge in [-0.15, -0.1) is 0 Å². The number of aliphatic hydroxyl groups is 1. The summed E-state index contributed by atoms with van der Waals surface area (Å²) in [7, 11) is -3.68. The molecule has 7 nitrogen and oxygen atoms in total. The Morgan fingerprint density at radius 2 is 1.96 bits per heavy atom. The molecule has 9 heteroatoms. The molecular weight excluding hydrogens is 376 g/mol. The summed E-state index contributed by atoms with van der Waals surface area (Å²) in [6.45, 7) is 1.85. The van der Waals surface area contributed by atoms with Crippen molar-refractivity contribution in [2.75, 3.05) is 5.73 Å². The molecule has 1 saturated carbocycles. The Morgan fingerprint density at radius 3 is 2.62 bits per heavy atom. The van der Waals surface area contributed by atoms with E-state index in [0.29, 0.717) is 36.9 Å². The zero-order valence-corrected chi connectivity index (χ0v) is 15.9. The number of aliphatic hydroxyl groups excluding tert-OH is 1. The number of aromatic nitrogens is 2. The highest BCUT2D eigenvalue weighted by Crippen LogP contribution is 2.27. The molecule has 4 N–H and O–H groups in total. The molecule has 1 aromatic carbocycles. The number of benzene rings is 1. The standard InChI is InChI=1S/C17H21ClN4O3S/c1-10-2-7-13(8-14(10)15-9-20-17(19)16(18)21-15)26(24,25)22-11-3-5-12(23)6-4-11/h2,7-9,11-12,22-23H,3-6H2,1H3,(H2,19,20). The van der Waals surface area contributed by atoms with Crippen LogP contribution in [0, 0.1) is 6.92 Å². The van der Waals surface area contributed by atoms with E-state index in [-0.39, 0.29) is 28.0 Å². The highest BCUT2D eigenvalue weighted by Gasteiger charge is 2.25. The molecule has 0 unspecified atom stereocenters. The Kier molecular flexibility index (Phi) is 5.47. The number of hydrogen-bond acceptors (Lipinski definition) is 6. The summed E-state index contributed by atoms with van der Waals surface area (Å²) in [6.07, 6.45) is 3.58. The molecule has 140 valence electrons. The van der Waals surface area contributed by atoms with Crippen molar-refractivity contribution in [1.29, 1.82) is 0 Å². The number of nitrogen functional groups attached to an aromatic ring is 1. The zero-order chi connectivity index (χ0) is 18.9. The maximum Gasteiger partial charge on any atom is 0.240 e. The number of aryl methyl sites for hydroxylation is 1. The topological polar surface area (TPSA) is 118 Å². The summed E-state index contributed by atoms with van der Waals surface area (Å²) in [6, 6.07) is 4.68. The quantitative estimate of drug-likeness (QED) is 0.729. The van der Waals surface area contributed by atoms with Crippen molar-refractivity contribution in [1.82, 2.24) is 14.7 Å². The molecule has 1 heterocycles. The minimum atomic E-state index is -3.68. The minimum absolute atomic E-state index is 0.0778. The smallest absolute Gasteiger partial charge is 0.240 e. The molecule has 1 fully saturated rings. The first-order valence-corrected chi connectivity index (χ1v) is 10.2. The molecule has 0 spiro atoms. The van der Waals surface area contributed by atoms with Gasteiger partial charge in [-0.05, 0) is 50.3 Å². The third kappa shape index (κ3) is 4.15. The van der Waals surface area contributed by atoms with Crippen molar-refractivity contribution in [3.63, 3.8) is 0 Å². The van der Waals surface area contributed by atoms with Gasteiger partial charge in [0.25, 0.3) is 0 Å². The van der Waals surface area contributed by atoms with E-state index in [4.69, 9.17) is 17.3 Å². The van der Waals surface area contributed by atoms with Gasteiger partial charge in [0.1, 0.15) is 0 Å². The van der Waals surface area contributed by atoms with E-state index in [1.807, 2.05) is 6.92 Å². The second kappa shape index (κ2) is 7.48. The van der Waals surface area contributed by atoms with Gasteiger partial charge in [0.2, 0.25) is 10.0 Å². The van der Waals surface area contributed by atoms with Crippen LogP contribution in [0.5, 0.6) is 0 Å². The molecule has 26 heavy (non-hydrogen) atoms. The van der Waals surface area contributed by atoms with Crippen molar-refractivity contribution in [2.45, 2.75) is 49.6 Å². The van der Waals surface area contributed by atoms with E-state index < -0.39 is 10.0 Å². The summed E-state index contributed by atoms with van der Waals surface area (Å²) in [5.74, 6) is 0.123. The first-order valence-electron chi connectivity index (χ1n) is 8.35. The fraction of sp³-hybridized carbons (Fsp3) is 0.412. The predicted octanol–water partition coefficient (Wildman–Crippen LogP) is 2.27. The van der Waals surface area contributed by atoms with Crippen LogP contribution < -0.4 is 10.5 Å². The minimum Gasteiger partial charge on any atom is -0.393 e. The van der Waals surface area contributed by atoms with Crippen LogP contribution in [-0.2, 0) is 10.0 Å². The average molecular weight is 397 g/mol. The van der Waals surface area contributed by atoms with Crippen LogP contribution in [0.4, 0.5) is 5.82 Å². The van der Waals surface area contributed by atoms with Gasteiger partial charge in [-0.3, -0.25) is 0 Å². The van der Waals surface area contributed by atoms with E-state index in [1.165, 1.54) is 6.20 Å². The van der Waals surface area contributed by atoms with E-state index in [1.54, 1.807) is 18.2 Å². The number of rotatable bonds is 4. The third-order valence-electron chi connectivity index (χ3n) is 4.57. The van der Waals surface area contributed by atoms with Crippen molar-refractivity contribution < 1.29 is 13.5 Å². The normalized spacial score (nSPS) is 20.9. The highest BCUT2D eigenvalue weighted by molar-refractivity contribution is 7.89. The van der Waals surface area contributed by atoms with Crippen molar-refractivity contribution >= 4 is 27.4 Å². The molecule has 0 saturated heterocycles. The fourth-order valence-electron chi connectivity index (χ4n) is 3.03. The van der Waals surface area contributed by atoms with Crippen LogP contribution in [0.2, 0.25) is 5.15 Å². The lowest BCUT2D eigenvalue weighted by Crippen LogP contribution is -2.38. The summed E-state index contributed by atoms with van der Waals surface area (Å²) in [5.41, 5.74) is 7.52. The van der Waals surface area contributed by atoms with Crippen molar-refractivity contribution in [3.8, 4) is 11.3 Å². The van der Waals surface area contributed by atoms with E-state index in [9.17, 15) is 13.5 Å². The number of sulfonamides is 1. The second-order valence-electron chi connectivity index (χ2n) is 6.53. The predicted molar refractivity (Wildman–Crippen MR) is 100 cm³/mol. The second-order valence-corrected chi connectivity index (χ2v) is 8.61. The lowest BCUT2D eigenvalue weighted by Gasteiger charge is -2.26. The molecule has 1 aromatic heterocycles. The Balaban J connectivity index is 1.89. The van der Waals surface area contributed by atoms with Gasteiger partial charge in [0.05, 0.1) is 22.9 Å². The molecule has 1 aliphatic carbocycles. The van der Waals surface area contributed by atoms with Crippen LogP contribution in [0.25, 0.3) is 11.3 Å². The maximum atomic E-state index is 12.7. The van der Waals surface area contributed by atoms with Crippen molar-refractivity contribution in [3.05, 3.63) is 35.1 Å². The van der Waals surface area contributed by atoms with Gasteiger partial charge >= 0.3 is 0 Å². The molecule has 1 aliphatic rings. The van der Waals surface area contributed by atoms with Crippen LogP contribution >= 0.6 is 11.6 Å². The molecule has 2 aromatic rings. The van der Waals surface area contributed by atoms with Crippen molar-refractivity contribution in [2.24, 2.45) is 0 Å². The van der Waals surface area contributed by atoms with E-state index in [2.05, 4.69) is 14.7 Å². The van der Waals surface area contributed by atoms with Gasteiger partial charge < -0.3 is 10.8 Å². The summed E-state index contributed by atoms with van der Waals surface area (Å²) >= 11 is 5.94. The van der Waals surface area contributed by atoms with Crippen LogP contribution in [0.1, 0.15) is 31.2 Å². The lowest BCUT2D eigenvalue weighted by molar-refractivity contribution is 0.120. The molecular formula is C17H21ClN4O3S. The monoisotopic (exact) mass is 396 g/mol. The third-order valence-corrected chi connectivity index (χ3v) is 6.37. The van der Waals surface area contributed by atoms with Crippen LogP contribution in [0.3, 0.4) is 0 Å². The molecule has 0 aliphatic heterocycles. The molecule has 3 rings (SSSR count). The number of nitrogens with zero attached hydrogens (tertiary/aromatic N) is 2. The number of hydrogen-bond donors (Lipinski definition) is 3. The maximum absolute atomic E-state index is 12.7. The summed E-state index contributed by atoms with van der Waals surface area (Å²) < 4.78 is 28.2. The lowest BCUT2D eigenvalue weighted by atomic mass is 9.94. The number of halogens is 1. The fourth-order valence-corrected chi connectivity index (χ4v) is 4.50. The first-order chi connectivity index (χ1) is 12.3. The Bertz CT molecular complexity index is 912. The first kappa shape index (κ1) is 19.0. The number of nitrogens with two attached hydrogens (primary N) is 1. The Hall–Kier alpha value is -1.74. The van der Waals surface area contributed by atoms with Gasteiger partial charge in [-0.2, -0.15) is 0 Å². The summed E-state index contributed by atoms with van der Waals surface area (Å²) in [4.78, 5) is 8.32. The molecule has 0 bridgehead atoms. The Morgan fingerprint density at radius 1 is 1.27 bits per heavy atom. The molecule has 0 atom stereocenters. The number of anilines is 1. The van der Waals surface area contributed by atoms with E-state index >= 15 is 0 Å². The van der Waals surface area contributed by atoms with E-state index in [0.717, 1.165) is 5.56 Å². The SMILES string of the molecule is Cc1ccc(S(=O)(=O)NC2CCC(O)CC2)cc1-c1cnc(N)c(Cl)n1. The van der Waals surface area contributed by atoms with Crippen LogP contribution in [0.15, 0.2) is 29.3 Å². The highest BCUT2D eigenvalue weighted by atomic mass is 35.5. The largest absolute Gasteiger partial charge is 0.393 e. The van der Waals surface area contributed by atoms with Gasteiger partial charge in [0, 0.05) is 11.6 Å². The average Bonchev–Trinajstić information content (AvgIpc) is 2.59. The van der Waals surface area contributed by atoms with Gasteiger partial charge in [0.15, 0.2) is 11.0 Å². The van der Waals surface area contributed by atoms with Gasteiger partial charge in [-0.1, -0.05) is 17.7 Å². The van der Waals surface area contributed by atoms with Gasteiger partial charge in [-0.25, -0.2) is 23.1 Å².